The molecule has 1 heterocycles. The van der Waals surface area contributed by atoms with E-state index in [9.17, 15) is 0 Å². The van der Waals surface area contributed by atoms with Gasteiger partial charge in [-0.1, -0.05) is 25.0 Å². The summed E-state index contributed by atoms with van der Waals surface area (Å²) in [7, 11) is 0. The predicted octanol–water partition coefficient (Wildman–Crippen LogP) is 3.41. The molecule has 1 aliphatic rings. The fourth-order valence-corrected chi connectivity index (χ4v) is 3.60. The van der Waals surface area contributed by atoms with E-state index in [1.165, 1.54) is 12.8 Å². The quantitative estimate of drug-likeness (QED) is 0.908. The van der Waals surface area contributed by atoms with Crippen molar-refractivity contribution in [2.75, 3.05) is 0 Å². The lowest BCUT2D eigenvalue weighted by Gasteiger charge is -2.19. The van der Waals surface area contributed by atoms with Gasteiger partial charge in [0.1, 0.15) is 5.01 Å². The van der Waals surface area contributed by atoms with Gasteiger partial charge in [0.15, 0.2) is 0 Å². The maximum atomic E-state index is 8.94. The van der Waals surface area contributed by atoms with Crippen molar-refractivity contribution in [3.05, 3.63) is 40.2 Å². The molecule has 0 bridgehead atoms. The van der Waals surface area contributed by atoms with Gasteiger partial charge in [-0.05, 0) is 25.0 Å². The molecule has 0 unspecified atom stereocenters. The van der Waals surface area contributed by atoms with Gasteiger partial charge in [-0.25, -0.2) is 4.98 Å². The highest BCUT2D eigenvalue weighted by Gasteiger charge is 2.34. The van der Waals surface area contributed by atoms with Crippen LogP contribution in [0.1, 0.15) is 36.3 Å². The van der Waals surface area contributed by atoms with Crippen LogP contribution in [0.15, 0.2) is 29.6 Å². The minimum absolute atomic E-state index is 0.226. The molecule has 1 aromatic heterocycles. The molecule has 19 heavy (non-hydrogen) atoms. The summed E-state index contributed by atoms with van der Waals surface area (Å²) in [5, 5.41) is 12.0. The van der Waals surface area contributed by atoms with Crippen LogP contribution in [0.25, 0.3) is 11.3 Å². The van der Waals surface area contributed by atoms with Crippen LogP contribution in [0.2, 0.25) is 0 Å². The summed E-state index contributed by atoms with van der Waals surface area (Å²) in [6.45, 7) is 0. The van der Waals surface area contributed by atoms with E-state index in [-0.39, 0.29) is 5.54 Å². The maximum absolute atomic E-state index is 8.94. The monoisotopic (exact) mass is 269 g/mol. The summed E-state index contributed by atoms with van der Waals surface area (Å²) in [6.07, 6.45) is 4.43. The van der Waals surface area contributed by atoms with Crippen molar-refractivity contribution in [3.63, 3.8) is 0 Å². The van der Waals surface area contributed by atoms with Crippen LogP contribution < -0.4 is 5.73 Å². The number of rotatable bonds is 2. The third-order valence-corrected chi connectivity index (χ3v) is 4.78. The second-order valence-corrected chi connectivity index (χ2v) is 5.95. The maximum Gasteiger partial charge on any atom is 0.113 e. The Bertz CT molecular complexity index is 633. The van der Waals surface area contributed by atoms with Crippen molar-refractivity contribution < 1.29 is 0 Å². The van der Waals surface area contributed by atoms with Gasteiger partial charge in [0, 0.05) is 10.9 Å². The number of nitrogens with two attached hydrogens (primary N) is 1. The lowest BCUT2D eigenvalue weighted by molar-refractivity contribution is 0.459. The van der Waals surface area contributed by atoms with E-state index >= 15 is 0 Å². The summed E-state index contributed by atoms with van der Waals surface area (Å²) < 4.78 is 0. The Morgan fingerprint density at radius 3 is 2.84 bits per heavy atom. The van der Waals surface area contributed by atoms with Crippen molar-refractivity contribution in [3.8, 4) is 17.3 Å². The minimum atomic E-state index is -0.226. The standard InChI is InChI=1S/C15H15N3S/c16-9-11-4-3-5-12(8-11)13-10-19-14(18-13)15(17)6-1-2-7-15/h3-5,8,10H,1-2,6-7,17H2. The lowest BCUT2D eigenvalue weighted by Crippen LogP contribution is -2.32. The summed E-state index contributed by atoms with van der Waals surface area (Å²) >= 11 is 1.63. The predicted molar refractivity (Wildman–Crippen MR) is 76.6 cm³/mol. The summed E-state index contributed by atoms with van der Waals surface area (Å²) in [4.78, 5) is 4.69. The normalized spacial score (nSPS) is 17.3. The van der Waals surface area contributed by atoms with E-state index in [2.05, 4.69) is 6.07 Å². The van der Waals surface area contributed by atoms with Crippen molar-refractivity contribution in [1.82, 2.24) is 4.98 Å². The molecule has 2 aromatic rings. The fourth-order valence-electron chi connectivity index (χ4n) is 2.60. The third-order valence-electron chi connectivity index (χ3n) is 3.71. The first-order valence-corrected chi connectivity index (χ1v) is 7.35. The second kappa shape index (κ2) is 4.76. The van der Waals surface area contributed by atoms with Crippen molar-refractivity contribution in [2.24, 2.45) is 5.73 Å². The van der Waals surface area contributed by atoms with Crippen molar-refractivity contribution in [1.29, 1.82) is 5.26 Å². The second-order valence-electron chi connectivity index (χ2n) is 5.09. The van der Waals surface area contributed by atoms with Crippen LogP contribution in [0, 0.1) is 11.3 Å². The van der Waals surface area contributed by atoms with E-state index in [0.29, 0.717) is 5.56 Å². The smallest absolute Gasteiger partial charge is 0.113 e. The number of thiazole rings is 1. The van der Waals surface area contributed by atoms with Gasteiger partial charge in [0.2, 0.25) is 0 Å². The zero-order valence-corrected chi connectivity index (χ0v) is 11.4. The Hall–Kier alpha value is -1.70. The molecule has 96 valence electrons. The Labute approximate surface area is 116 Å². The lowest BCUT2D eigenvalue weighted by atomic mass is 10.0. The molecular formula is C15H15N3S. The van der Waals surface area contributed by atoms with Crippen LogP contribution in [-0.4, -0.2) is 4.98 Å². The zero-order valence-electron chi connectivity index (χ0n) is 10.6. The van der Waals surface area contributed by atoms with E-state index in [0.717, 1.165) is 29.1 Å². The Kier molecular flexibility index (Phi) is 3.09. The molecule has 3 rings (SSSR count). The number of aromatic nitrogens is 1. The molecular weight excluding hydrogens is 254 g/mol. The Balaban J connectivity index is 1.95. The van der Waals surface area contributed by atoms with E-state index < -0.39 is 0 Å². The highest BCUT2D eigenvalue weighted by molar-refractivity contribution is 7.10. The Morgan fingerprint density at radius 1 is 1.32 bits per heavy atom. The molecule has 0 aliphatic heterocycles. The highest BCUT2D eigenvalue weighted by atomic mass is 32.1. The number of nitrogens with zero attached hydrogens (tertiary/aromatic N) is 2. The van der Waals surface area contributed by atoms with Crippen LogP contribution in [0.3, 0.4) is 0 Å². The molecule has 4 heteroatoms. The summed E-state index contributed by atoms with van der Waals surface area (Å²) in [6, 6.07) is 9.71. The zero-order chi connectivity index (χ0) is 13.3. The topological polar surface area (TPSA) is 62.7 Å². The first kappa shape index (κ1) is 12.3. The van der Waals surface area contributed by atoms with Crippen molar-refractivity contribution >= 4 is 11.3 Å². The largest absolute Gasteiger partial charge is 0.319 e. The first-order chi connectivity index (χ1) is 9.21. The van der Waals surface area contributed by atoms with Crippen molar-refractivity contribution in [2.45, 2.75) is 31.2 Å². The number of benzene rings is 1. The number of hydrogen-bond donors (Lipinski definition) is 1. The van der Waals surface area contributed by atoms with Gasteiger partial charge < -0.3 is 5.73 Å². The molecule has 3 nitrogen and oxygen atoms in total. The molecule has 0 saturated heterocycles. The molecule has 0 radical (unpaired) electrons. The minimum Gasteiger partial charge on any atom is -0.319 e. The van der Waals surface area contributed by atoms with Gasteiger partial charge >= 0.3 is 0 Å². The molecule has 1 aromatic carbocycles. The van der Waals surface area contributed by atoms with Crippen LogP contribution in [-0.2, 0) is 5.54 Å². The van der Waals surface area contributed by atoms with Gasteiger partial charge in [-0.3, -0.25) is 0 Å². The average molecular weight is 269 g/mol. The van der Waals surface area contributed by atoms with Gasteiger partial charge in [-0.2, -0.15) is 5.26 Å². The molecule has 0 atom stereocenters. The fraction of sp³-hybridized carbons (Fsp3) is 0.333. The number of hydrogen-bond acceptors (Lipinski definition) is 4. The number of nitriles is 1. The summed E-state index contributed by atoms with van der Waals surface area (Å²) in [5.74, 6) is 0. The van der Waals surface area contributed by atoms with E-state index in [1.807, 2.05) is 23.6 Å². The Morgan fingerprint density at radius 2 is 2.11 bits per heavy atom. The summed E-state index contributed by atoms with van der Waals surface area (Å²) in [5.41, 5.74) is 8.77. The average Bonchev–Trinajstić information content (AvgIpc) is 3.08. The first-order valence-electron chi connectivity index (χ1n) is 6.47. The van der Waals surface area contributed by atoms with Gasteiger partial charge in [0.05, 0.1) is 22.9 Å². The molecule has 1 aliphatic carbocycles. The van der Waals surface area contributed by atoms with Gasteiger partial charge in [-0.15, -0.1) is 11.3 Å². The van der Waals surface area contributed by atoms with Crippen LogP contribution >= 0.6 is 11.3 Å². The molecule has 1 fully saturated rings. The molecule has 1 saturated carbocycles. The SMILES string of the molecule is N#Cc1cccc(-c2csc(C3(N)CCCC3)n2)c1. The van der Waals surface area contributed by atoms with Crippen LogP contribution in [0.4, 0.5) is 0 Å². The van der Waals surface area contributed by atoms with E-state index in [1.54, 1.807) is 17.4 Å². The van der Waals surface area contributed by atoms with E-state index in [4.69, 9.17) is 16.0 Å². The van der Waals surface area contributed by atoms with Gasteiger partial charge in [0.25, 0.3) is 0 Å². The third kappa shape index (κ3) is 2.27. The van der Waals surface area contributed by atoms with Crippen LogP contribution in [0.5, 0.6) is 0 Å². The molecule has 0 spiro atoms. The molecule has 2 N–H and O–H groups in total. The highest BCUT2D eigenvalue weighted by Crippen LogP contribution is 2.38. The molecule has 0 amide bonds.